The van der Waals surface area contributed by atoms with Crippen LogP contribution < -0.4 is 5.32 Å². The number of nitrogens with zero attached hydrogens (tertiary/aromatic N) is 1. The molecule has 7 nitrogen and oxygen atoms in total. The minimum atomic E-state index is -1.05. The summed E-state index contributed by atoms with van der Waals surface area (Å²) in [6.45, 7) is 3.28. The van der Waals surface area contributed by atoms with E-state index in [2.05, 4.69) is 5.32 Å². The highest BCUT2D eigenvalue weighted by Crippen LogP contribution is 2.14. The van der Waals surface area contributed by atoms with Gasteiger partial charge in [0, 0.05) is 13.5 Å². The fourth-order valence-corrected chi connectivity index (χ4v) is 1.95. The molecule has 4 N–H and O–H groups in total. The van der Waals surface area contributed by atoms with E-state index in [1.54, 1.807) is 13.8 Å². The average molecular weight is 315 g/mol. The summed E-state index contributed by atoms with van der Waals surface area (Å²) in [5.41, 5.74) is -0.609. The number of nitrogens with one attached hydrogen (secondary N) is 2. The van der Waals surface area contributed by atoms with Gasteiger partial charge in [-0.05, 0) is 26.7 Å². The number of aliphatic carboxylic acids is 1. The zero-order valence-electron chi connectivity index (χ0n) is 13.8. The van der Waals surface area contributed by atoms with Crippen molar-refractivity contribution in [3.8, 4) is 0 Å². The summed E-state index contributed by atoms with van der Waals surface area (Å²) < 4.78 is 0. The summed E-state index contributed by atoms with van der Waals surface area (Å²) in [4.78, 5) is 23.3. The first-order valence-electron chi connectivity index (χ1n) is 7.65. The van der Waals surface area contributed by atoms with Crippen LogP contribution in [-0.4, -0.2) is 52.1 Å². The second-order valence-corrected chi connectivity index (χ2v) is 6.23. The van der Waals surface area contributed by atoms with Crippen molar-refractivity contribution in [2.24, 2.45) is 0 Å². The number of hydrogen-bond donors (Lipinski definition) is 4. The van der Waals surface area contributed by atoms with Crippen molar-refractivity contribution < 1.29 is 19.8 Å². The number of amides is 1. The van der Waals surface area contributed by atoms with Crippen molar-refractivity contribution in [1.82, 2.24) is 10.2 Å². The molecule has 0 saturated carbocycles. The summed E-state index contributed by atoms with van der Waals surface area (Å²) in [5, 5.41) is 28.1. The Morgan fingerprint density at radius 1 is 1.14 bits per heavy atom. The van der Waals surface area contributed by atoms with Crippen LogP contribution in [0.25, 0.3) is 0 Å². The molecule has 0 aliphatic rings. The molecular weight excluding hydrogens is 286 g/mol. The van der Waals surface area contributed by atoms with Gasteiger partial charge in [-0.25, -0.2) is 0 Å². The quantitative estimate of drug-likeness (QED) is 0.277. The Hall–Kier alpha value is -1.63. The van der Waals surface area contributed by atoms with Crippen molar-refractivity contribution in [1.29, 1.82) is 5.41 Å². The molecule has 7 heteroatoms. The van der Waals surface area contributed by atoms with E-state index < -0.39 is 11.6 Å². The number of aliphatic hydroxyl groups is 1. The summed E-state index contributed by atoms with van der Waals surface area (Å²) in [6.07, 6.45) is 5.79. The Kier molecular flexibility index (Phi) is 9.40. The molecule has 0 aromatic heterocycles. The first kappa shape index (κ1) is 20.4. The van der Waals surface area contributed by atoms with E-state index in [9.17, 15) is 14.7 Å². The molecular formula is C15H29N3O4. The number of likely N-dealkylation sites (N-methyl/N-ethyl adjacent to an activating group) is 1. The van der Waals surface area contributed by atoms with E-state index in [-0.39, 0.29) is 18.4 Å². The van der Waals surface area contributed by atoms with E-state index >= 15 is 0 Å². The summed E-state index contributed by atoms with van der Waals surface area (Å²) >= 11 is 0. The first-order chi connectivity index (χ1) is 10.1. The molecule has 0 bridgehead atoms. The minimum Gasteiger partial charge on any atom is -0.480 e. The van der Waals surface area contributed by atoms with Crippen LogP contribution in [0.3, 0.4) is 0 Å². The number of guanidine groups is 1. The van der Waals surface area contributed by atoms with E-state index in [1.165, 1.54) is 7.05 Å². The fraction of sp³-hybridized carbons (Fsp3) is 0.800. The van der Waals surface area contributed by atoms with Gasteiger partial charge in [-0.1, -0.05) is 25.7 Å². The van der Waals surface area contributed by atoms with Gasteiger partial charge in [0.2, 0.25) is 5.91 Å². The largest absolute Gasteiger partial charge is 0.480 e. The standard InChI is InChI=1S/C15H29N3O4/c1-15(2,22)10-8-6-4-5-7-9-12(19)17-14(16)18(3)11-13(20)21/h22H,4-11H2,1-3H3,(H,20,21)(H2,16,17,19). The highest BCUT2D eigenvalue weighted by atomic mass is 16.4. The number of hydrogen-bond acceptors (Lipinski definition) is 4. The molecule has 0 atom stereocenters. The molecule has 0 radical (unpaired) electrons. The molecule has 0 aliphatic heterocycles. The van der Waals surface area contributed by atoms with Crippen molar-refractivity contribution in [2.75, 3.05) is 13.6 Å². The lowest BCUT2D eigenvalue weighted by atomic mass is 10.00. The van der Waals surface area contributed by atoms with Crippen LogP contribution >= 0.6 is 0 Å². The Labute approximate surface area is 132 Å². The maximum Gasteiger partial charge on any atom is 0.323 e. The molecule has 0 aliphatic carbocycles. The lowest BCUT2D eigenvalue weighted by Crippen LogP contribution is -2.43. The number of carboxylic acids is 1. The van der Waals surface area contributed by atoms with Crippen molar-refractivity contribution in [3.63, 3.8) is 0 Å². The van der Waals surface area contributed by atoms with Crippen LogP contribution in [0.2, 0.25) is 0 Å². The van der Waals surface area contributed by atoms with Crippen LogP contribution in [-0.2, 0) is 9.59 Å². The van der Waals surface area contributed by atoms with E-state index in [0.29, 0.717) is 6.42 Å². The molecule has 0 fully saturated rings. The topological polar surface area (TPSA) is 114 Å². The van der Waals surface area contributed by atoms with Gasteiger partial charge in [0.25, 0.3) is 0 Å². The molecule has 0 saturated heterocycles. The minimum absolute atomic E-state index is 0.197. The fourth-order valence-electron chi connectivity index (χ4n) is 1.95. The van der Waals surface area contributed by atoms with Crippen molar-refractivity contribution in [2.45, 2.75) is 64.4 Å². The molecule has 0 aromatic rings. The third-order valence-electron chi connectivity index (χ3n) is 3.20. The van der Waals surface area contributed by atoms with Gasteiger partial charge in [0.05, 0.1) is 5.60 Å². The number of carbonyl (C=O) groups excluding carboxylic acids is 1. The van der Waals surface area contributed by atoms with Crippen molar-refractivity contribution >= 4 is 17.8 Å². The van der Waals surface area contributed by atoms with E-state index in [1.807, 2.05) is 0 Å². The Bertz CT molecular complexity index is 377. The van der Waals surface area contributed by atoms with Gasteiger partial charge in [-0.2, -0.15) is 0 Å². The van der Waals surface area contributed by atoms with Crippen molar-refractivity contribution in [3.05, 3.63) is 0 Å². The lowest BCUT2D eigenvalue weighted by Gasteiger charge is -2.17. The van der Waals surface area contributed by atoms with Crippen LogP contribution in [0.1, 0.15) is 58.8 Å². The number of rotatable bonds is 10. The number of carbonyl (C=O) groups is 2. The normalized spacial score (nSPS) is 11.1. The van der Waals surface area contributed by atoms with Crippen LogP contribution in [0.4, 0.5) is 0 Å². The Balaban J connectivity index is 3.65. The average Bonchev–Trinajstić information content (AvgIpc) is 2.35. The van der Waals surface area contributed by atoms with Crippen LogP contribution in [0.15, 0.2) is 0 Å². The van der Waals surface area contributed by atoms with Crippen LogP contribution in [0, 0.1) is 5.41 Å². The second-order valence-electron chi connectivity index (χ2n) is 6.23. The third-order valence-corrected chi connectivity index (χ3v) is 3.20. The molecule has 0 heterocycles. The molecule has 0 rings (SSSR count). The molecule has 128 valence electrons. The molecule has 22 heavy (non-hydrogen) atoms. The summed E-state index contributed by atoms with van der Waals surface area (Å²) in [7, 11) is 1.44. The summed E-state index contributed by atoms with van der Waals surface area (Å²) in [5.74, 6) is -1.51. The smallest absolute Gasteiger partial charge is 0.323 e. The second kappa shape index (κ2) is 10.2. The van der Waals surface area contributed by atoms with Crippen LogP contribution in [0.5, 0.6) is 0 Å². The maximum absolute atomic E-state index is 11.6. The number of carboxylic acid groups (broad SMARTS) is 1. The van der Waals surface area contributed by atoms with Gasteiger partial charge >= 0.3 is 5.97 Å². The maximum atomic E-state index is 11.6. The Morgan fingerprint density at radius 2 is 1.68 bits per heavy atom. The van der Waals surface area contributed by atoms with Gasteiger partial charge < -0.3 is 15.1 Å². The summed E-state index contributed by atoms with van der Waals surface area (Å²) in [6, 6.07) is 0. The molecule has 0 unspecified atom stereocenters. The predicted molar refractivity (Wildman–Crippen MR) is 84.8 cm³/mol. The zero-order valence-corrected chi connectivity index (χ0v) is 13.8. The highest BCUT2D eigenvalue weighted by Gasteiger charge is 2.12. The lowest BCUT2D eigenvalue weighted by molar-refractivity contribution is -0.137. The first-order valence-corrected chi connectivity index (χ1v) is 7.65. The molecule has 0 aromatic carbocycles. The molecule has 0 spiro atoms. The zero-order chi connectivity index (χ0) is 17.2. The Morgan fingerprint density at radius 3 is 2.23 bits per heavy atom. The van der Waals surface area contributed by atoms with Gasteiger partial charge in [0.1, 0.15) is 6.54 Å². The highest BCUT2D eigenvalue weighted by molar-refractivity contribution is 5.96. The van der Waals surface area contributed by atoms with Gasteiger partial charge in [-0.15, -0.1) is 0 Å². The van der Waals surface area contributed by atoms with Gasteiger partial charge in [0.15, 0.2) is 5.96 Å². The third kappa shape index (κ3) is 12.1. The van der Waals surface area contributed by atoms with E-state index in [4.69, 9.17) is 10.5 Å². The van der Waals surface area contributed by atoms with E-state index in [0.717, 1.165) is 43.4 Å². The molecule has 1 amide bonds. The number of unbranched alkanes of at least 4 members (excludes halogenated alkanes) is 4. The monoisotopic (exact) mass is 315 g/mol. The SMILES string of the molecule is CN(CC(=O)O)C(=N)NC(=O)CCCCCCCC(C)(C)O. The predicted octanol–water partition coefficient (Wildman–Crippen LogP) is 1.56. The van der Waals surface area contributed by atoms with Gasteiger partial charge in [-0.3, -0.25) is 20.3 Å².